The van der Waals surface area contributed by atoms with Crippen LogP contribution in [0, 0.1) is 10.1 Å². The van der Waals surface area contributed by atoms with Gasteiger partial charge in [-0.3, -0.25) is 14.9 Å². The number of para-hydroxylation sites is 1. The van der Waals surface area contributed by atoms with E-state index < -0.39 is 35.1 Å². The summed E-state index contributed by atoms with van der Waals surface area (Å²) in [7, 11) is 2.47. The highest BCUT2D eigenvalue weighted by Crippen LogP contribution is 2.27. The molecule has 146 valence electrons. The van der Waals surface area contributed by atoms with Crippen LogP contribution in [-0.4, -0.2) is 43.6 Å². The summed E-state index contributed by atoms with van der Waals surface area (Å²) in [4.78, 5) is 46.1. The summed E-state index contributed by atoms with van der Waals surface area (Å²) in [5.74, 6) is -2.29. The smallest absolute Gasteiger partial charge is 0.339 e. The number of nitro groups is 1. The summed E-state index contributed by atoms with van der Waals surface area (Å²) < 4.78 is 14.3. The van der Waals surface area contributed by atoms with Gasteiger partial charge in [-0.15, -0.1) is 0 Å². The number of esters is 2. The molecule has 0 bridgehead atoms. The van der Waals surface area contributed by atoms with Crippen LogP contribution in [-0.2, 0) is 14.3 Å². The Hall–Kier alpha value is -3.95. The minimum Gasteiger partial charge on any atom is -0.490 e. The van der Waals surface area contributed by atoms with Crippen LogP contribution in [0.15, 0.2) is 42.5 Å². The van der Waals surface area contributed by atoms with E-state index in [0.29, 0.717) is 0 Å². The fraction of sp³-hybridized carbons (Fsp3) is 0.167. The van der Waals surface area contributed by atoms with Gasteiger partial charge in [-0.25, -0.2) is 9.59 Å². The molecule has 0 unspecified atom stereocenters. The highest BCUT2D eigenvalue weighted by molar-refractivity contribution is 6.02. The minimum atomic E-state index is -0.929. The van der Waals surface area contributed by atoms with Gasteiger partial charge in [0.1, 0.15) is 0 Å². The molecular formula is C18H16N2O8. The molecule has 0 saturated heterocycles. The maximum atomic E-state index is 12.1. The third-order valence-corrected chi connectivity index (χ3v) is 3.55. The largest absolute Gasteiger partial charge is 0.490 e. The second kappa shape index (κ2) is 9.12. The molecule has 2 aromatic rings. The number of amides is 1. The van der Waals surface area contributed by atoms with Crippen molar-refractivity contribution in [3.05, 3.63) is 63.7 Å². The fourth-order valence-corrected chi connectivity index (χ4v) is 2.24. The number of nitro benzene ring substituents is 1. The Kier molecular flexibility index (Phi) is 6.63. The number of hydrogen-bond donors (Lipinski definition) is 1. The van der Waals surface area contributed by atoms with Gasteiger partial charge in [0.25, 0.3) is 5.91 Å². The molecule has 2 aromatic carbocycles. The summed E-state index contributed by atoms with van der Waals surface area (Å²) in [6.07, 6.45) is 0. The average molecular weight is 388 g/mol. The first kappa shape index (κ1) is 20.4. The Balaban J connectivity index is 2.04. The molecule has 0 spiro atoms. The van der Waals surface area contributed by atoms with E-state index in [1.165, 1.54) is 38.5 Å². The van der Waals surface area contributed by atoms with Crippen LogP contribution in [0.2, 0.25) is 0 Å². The van der Waals surface area contributed by atoms with E-state index in [1.807, 2.05) is 0 Å². The predicted octanol–water partition coefficient (Wildman–Crippen LogP) is 2.19. The molecule has 10 heteroatoms. The van der Waals surface area contributed by atoms with Crippen molar-refractivity contribution in [1.29, 1.82) is 0 Å². The average Bonchev–Trinajstić information content (AvgIpc) is 2.71. The number of nitrogens with one attached hydrogen (secondary N) is 1. The van der Waals surface area contributed by atoms with Crippen molar-refractivity contribution in [2.75, 3.05) is 26.1 Å². The number of nitrogens with zero attached hydrogens (tertiary/aromatic N) is 1. The van der Waals surface area contributed by atoms with Crippen molar-refractivity contribution in [3.8, 4) is 5.75 Å². The van der Waals surface area contributed by atoms with Crippen molar-refractivity contribution in [1.82, 2.24) is 0 Å². The van der Waals surface area contributed by atoms with E-state index in [9.17, 15) is 24.5 Å². The summed E-state index contributed by atoms with van der Waals surface area (Å²) in [6.45, 7) is -0.659. The predicted molar refractivity (Wildman–Crippen MR) is 96.3 cm³/mol. The van der Waals surface area contributed by atoms with E-state index in [2.05, 4.69) is 10.1 Å². The fourth-order valence-electron chi connectivity index (χ4n) is 2.24. The first-order valence-corrected chi connectivity index (χ1v) is 7.84. The van der Waals surface area contributed by atoms with Crippen LogP contribution in [0.5, 0.6) is 5.75 Å². The van der Waals surface area contributed by atoms with Gasteiger partial charge in [-0.1, -0.05) is 12.1 Å². The molecule has 0 heterocycles. The monoisotopic (exact) mass is 388 g/mol. The van der Waals surface area contributed by atoms with E-state index >= 15 is 0 Å². The van der Waals surface area contributed by atoms with Crippen LogP contribution in [0.1, 0.15) is 20.7 Å². The molecule has 0 aliphatic heterocycles. The summed E-state index contributed by atoms with van der Waals surface area (Å²) in [6, 6.07) is 9.66. The lowest BCUT2D eigenvalue weighted by molar-refractivity contribution is -0.385. The number of rotatable bonds is 7. The van der Waals surface area contributed by atoms with Crippen LogP contribution >= 0.6 is 0 Å². The third kappa shape index (κ3) is 4.81. The van der Waals surface area contributed by atoms with E-state index in [4.69, 9.17) is 9.47 Å². The SMILES string of the molecule is COC(=O)c1ccccc1NC(=O)COC(=O)c1ccc(OC)c([N+](=O)[O-])c1. The van der Waals surface area contributed by atoms with Crippen LogP contribution in [0.3, 0.4) is 0 Å². The molecule has 0 atom stereocenters. The van der Waals surface area contributed by atoms with Gasteiger partial charge < -0.3 is 19.5 Å². The summed E-state index contributed by atoms with van der Waals surface area (Å²) in [5.41, 5.74) is -0.199. The number of anilines is 1. The highest BCUT2D eigenvalue weighted by Gasteiger charge is 2.20. The van der Waals surface area contributed by atoms with Crippen LogP contribution < -0.4 is 10.1 Å². The van der Waals surface area contributed by atoms with Crippen molar-refractivity contribution < 1.29 is 33.5 Å². The highest BCUT2D eigenvalue weighted by atomic mass is 16.6. The molecular weight excluding hydrogens is 372 g/mol. The Morgan fingerprint density at radius 3 is 2.43 bits per heavy atom. The van der Waals surface area contributed by atoms with Gasteiger partial charge in [0, 0.05) is 6.07 Å². The molecule has 1 amide bonds. The van der Waals surface area contributed by atoms with E-state index in [1.54, 1.807) is 12.1 Å². The first-order chi connectivity index (χ1) is 13.4. The maximum absolute atomic E-state index is 12.1. The van der Waals surface area contributed by atoms with Gasteiger partial charge in [-0.2, -0.15) is 0 Å². The summed E-state index contributed by atoms with van der Waals surface area (Å²) in [5, 5.41) is 13.4. The zero-order chi connectivity index (χ0) is 20.7. The van der Waals surface area contributed by atoms with E-state index in [0.717, 1.165) is 6.07 Å². The number of ether oxygens (including phenoxy) is 3. The molecule has 0 aliphatic carbocycles. The Labute approximate surface area is 159 Å². The zero-order valence-electron chi connectivity index (χ0n) is 15.0. The topological polar surface area (TPSA) is 134 Å². The van der Waals surface area contributed by atoms with Crippen molar-refractivity contribution in [2.24, 2.45) is 0 Å². The van der Waals surface area contributed by atoms with Gasteiger partial charge >= 0.3 is 17.6 Å². The second-order valence-electron chi connectivity index (χ2n) is 5.31. The van der Waals surface area contributed by atoms with Crippen LogP contribution in [0.4, 0.5) is 11.4 Å². The Morgan fingerprint density at radius 1 is 1.07 bits per heavy atom. The lowest BCUT2D eigenvalue weighted by Gasteiger charge is -2.10. The zero-order valence-corrected chi connectivity index (χ0v) is 15.0. The van der Waals surface area contributed by atoms with Gasteiger partial charge in [0.2, 0.25) is 0 Å². The lowest BCUT2D eigenvalue weighted by atomic mass is 10.2. The molecule has 0 fully saturated rings. The number of methoxy groups -OCH3 is 2. The van der Waals surface area contributed by atoms with Gasteiger partial charge in [-0.05, 0) is 24.3 Å². The third-order valence-electron chi connectivity index (χ3n) is 3.55. The Morgan fingerprint density at radius 2 is 1.79 bits per heavy atom. The first-order valence-electron chi connectivity index (χ1n) is 7.84. The molecule has 1 N–H and O–H groups in total. The van der Waals surface area contributed by atoms with Crippen molar-refractivity contribution in [2.45, 2.75) is 0 Å². The molecule has 2 rings (SSSR count). The number of benzene rings is 2. The van der Waals surface area contributed by atoms with Crippen molar-refractivity contribution in [3.63, 3.8) is 0 Å². The molecule has 28 heavy (non-hydrogen) atoms. The molecule has 10 nitrogen and oxygen atoms in total. The second-order valence-corrected chi connectivity index (χ2v) is 5.31. The minimum absolute atomic E-state index is 0.0151. The van der Waals surface area contributed by atoms with Crippen LogP contribution in [0.25, 0.3) is 0 Å². The maximum Gasteiger partial charge on any atom is 0.339 e. The quantitative estimate of drug-likeness (QED) is 0.433. The number of carbonyl (C=O) groups is 3. The number of hydrogen-bond acceptors (Lipinski definition) is 8. The molecule has 0 radical (unpaired) electrons. The molecule has 0 aromatic heterocycles. The Bertz CT molecular complexity index is 926. The normalized spacial score (nSPS) is 9.93. The molecule has 0 saturated carbocycles. The molecule has 0 aliphatic rings. The van der Waals surface area contributed by atoms with Gasteiger partial charge in [0.15, 0.2) is 12.4 Å². The van der Waals surface area contributed by atoms with Crippen molar-refractivity contribution >= 4 is 29.2 Å². The van der Waals surface area contributed by atoms with E-state index in [-0.39, 0.29) is 22.6 Å². The van der Waals surface area contributed by atoms with Gasteiger partial charge in [0.05, 0.1) is 36.0 Å². The summed E-state index contributed by atoms with van der Waals surface area (Å²) >= 11 is 0. The number of carbonyl (C=O) groups excluding carboxylic acids is 3. The lowest BCUT2D eigenvalue weighted by Crippen LogP contribution is -2.22. The standard InChI is InChI=1S/C18H16N2O8/c1-26-15-8-7-11(9-14(15)20(24)25)17(22)28-10-16(21)19-13-6-4-3-5-12(13)18(23)27-2/h3-9H,10H2,1-2H3,(H,19,21).